The maximum Gasteiger partial charge on any atom is 0.257 e. The Hall–Kier alpha value is -2.88. The summed E-state index contributed by atoms with van der Waals surface area (Å²) in [6, 6.07) is 15.1. The minimum Gasteiger partial charge on any atom is -0.387 e. The van der Waals surface area contributed by atoms with Crippen LogP contribution in [0.25, 0.3) is 10.8 Å². The van der Waals surface area contributed by atoms with Crippen LogP contribution in [0.4, 0.5) is 11.4 Å². The Morgan fingerprint density at radius 3 is 2.67 bits per heavy atom. The van der Waals surface area contributed by atoms with Crippen molar-refractivity contribution in [3.05, 3.63) is 66.5 Å². The van der Waals surface area contributed by atoms with E-state index in [2.05, 4.69) is 15.6 Å². The number of pyridine rings is 1. The van der Waals surface area contributed by atoms with E-state index in [-0.39, 0.29) is 5.91 Å². The van der Waals surface area contributed by atoms with Crippen LogP contribution in [0.1, 0.15) is 10.4 Å². The number of nitrogens with one attached hydrogen (secondary N) is 2. The van der Waals surface area contributed by atoms with E-state index in [4.69, 9.17) is 0 Å². The van der Waals surface area contributed by atoms with E-state index in [0.717, 1.165) is 22.1 Å². The van der Waals surface area contributed by atoms with Crippen molar-refractivity contribution in [2.75, 3.05) is 17.7 Å². The van der Waals surface area contributed by atoms with E-state index >= 15 is 0 Å². The summed E-state index contributed by atoms with van der Waals surface area (Å²) in [4.78, 5) is 16.6. The van der Waals surface area contributed by atoms with E-state index in [0.29, 0.717) is 5.56 Å². The normalized spacial score (nSPS) is 10.3. The fourth-order valence-corrected chi connectivity index (χ4v) is 2.31. The smallest absolute Gasteiger partial charge is 0.257 e. The predicted octanol–water partition coefficient (Wildman–Crippen LogP) is 3.53. The van der Waals surface area contributed by atoms with E-state index < -0.39 is 0 Å². The van der Waals surface area contributed by atoms with Gasteiger partial charge in [0.1, 0.15) is 0 Å². The SMILES string of the molecule is CNc1ccccc1C(=O)Nc1cccc2ccncc12. The monoisotopic (exact) mass is 277 g/mol. The highest BCUT2D eigenvalue weighted by Crippen LogP contribution is 2.23. The molecular weight excluding hydrogens is 262 g/mol. The van der Waals surface area contributed by atoms with Crippen molar-refractivity contribution in [1.82, 2.24) is 4.98 Å². The summed E-state index contributed by atoms with van der Waals surface area (Å²) >= 11 is 0. The molecule has 0 unspecified atom stereocenters. The van der Waals surface area contributed by atoms with Gasteiger partial charge in [-0.25, -0.2) is 0 Å². The number of carbonyl (C=O) groups excluding carboxylic acids is 1. The summed E-state index contributed by atoms with van der Waals surface area (Å²) in [5.41, 5.74) is 2.17. The van der Waals surface area contributed by atoms with E-state index in [1.54, 1.807) is 25.5 Å². The summed E-state index contributed by atoms with van der Waals surface area (Å²) in [6.07, 6.45) is 3.50. The van der Waals surface area contributed by atoms with Gasteiger partial charge in [-0.05, 0) is 29.7 Å². The molecule has 0 aliphatic carbocycles. The van der Waals surface area contributed by atoms with Gasteiger partial charge in [-0.3, -0.25) is 9.78 Å². The first kappa shape index (κ1) is 13.1. The van der Waals surface area contributed by atoms with Crippen molar-refractivity contribution in [1.29, 1.82) is 0 Å². The van der Waals surface area contributed by atoms with Gasteiger partial charge in [0.25, 0.3) is 5.91 Å². The molecule has 3 aromatic rings. The molecule has 2 N–H and O–H groups in total. The Balaban J connectivity index is 1.97. The number of aromatic nitrogens is 1. The number of rotatable bonds is 3. The Morgan fingerprint density at radius 2 is 1.81 bits per heavy atom. The summed E-state index contributed by atoms with van der Waals surface area (Å²) in [7, 11) is 1.80. The Morgan fingerprint density at radius 1 is 1.00 bits per heavy atom. The summed E-state index contributed by atoms with van der Waals surface area (Å²) in [5.74, 6) is -0.142. The largest absolute Gasteiger partial charge is 0.387 e. The van der Waals surface area contributed by atoms with Crippen molar-refractivity contribution >= 4 is 28.1 Å². The lowest BCUT2D eigenvalue weighted by atomic mass is 10.1. The van der Waals surface area contributed by atoms with Crippen LogP contribution in [0.3, 0.4) is 0 Å². The van der Waals surface area contributed by atoms with Gasteiger partial charge in [0.2, 0.25) is 0 Å². The second kappa shape index (κ2) is 5.63. The van der Waals surface area contributed by atoms with Crippen LogP contribution in [0.15, 0.2) is 60.9 Å². The molecule has 1 amide bonds. The number of para-hydroxylation sites is 1. The van der Waals surface area contributed by atoms with Gasteiger partial charge in [0, 0.05) is 30.5 Å². The molecule has 0 atom stereocenters. The molecule has 0 saturated carbocycles. The van der Waals surface area contributed by atoms with E-state index in [9.17, 15) is 4.79 Å². The van der Waals surface area contributed by atoms with Crippen LogP contribution in [0.5, 0.6) is 0 Å². The molecular formula is C17H15N3O. The molecule has 1 aromatic heterocycles. The Kier molecular flexibility index (Phi) is 3.51. The number of hydrogen-bond acceptors (Lipinski definition) is 3. The topological polar surface area (TPSA) is 54.0 Å². The Labute approximate surface area is 122 Å². The lowest BCUT2D eigenvalue weighted by Gasteiger charge is -2.11. The number of carbonyl (C=O) groups is 1. The fourth-order valence-electron chi connectivity index (χ4n) is 2.31. The highest BCUT2D eigenvalue weighted by Gasteiger charge is 2.11. The van der Waals surface area contributed by atoms with Gasteiger partial charge < -0.3 is 10.6 Å². The van der Waals surface area contributed by atoms with Crippen LogP contribution in [0, 0.1) is 0 Å². The third-order valence-corrected chi connectivity index (χ3v) is 3.37. The molecule has 0 bridgehead atoms. The summed E-state index contributed by atoms with van der Waals surface area (Å²) in [5, 5.41) is 7.96. The van der Waals surface area contributed by atoms with Gasteiger partial charge >= 0.3 is 0 Å². The second-order valence-corrected chi connectivity index (χ2v) is 4.65. The van der Waals surface area contributed by atoms with Crippen LogP contribution < -0.4 is 10.6 Å². The molecule has 0 fully saturated rings. The first-order valence-electron chi connectivity index (χ1n) is 6.70. The van der Waals surface area contributed by atoms with Crippen molar-refractivity contribution in [2.24, 2.45) is 0 Å². The van der Waals surface area contributed by atoms with Gasteiger partial charge in [-0.2, -0.15) is 0 Å². The van der Waals surface area contributed by atoms with Crippen LogP contribution in [-0.4, -0.2) is 17.9 Å². The van der Waals surface area contributed by atoms with E-state index in [1.165, 1.54) is 0 Å². The average molecular weight is 277 g/mol. The van der Waals surface area contributed by atoms with Crippen molar-refractivity contribution in [3.63, 3.8) is 0 Å². The minimum absolute atomic E-state index is 0.142. The number of benzene rings is 2. The lowest BCUT2D eigenvalue weighted by Crippen LogP contribution is -2.14. The molecule has 0 saturated heterocycles. The fraction of sp³-hybridized carbons (Fsp3) is 0.0588. The van der Waals surface area contributed by atoms with Crippen molar-refractivity contribution < 1.29 is 4.79 Å². The van der Waals surface area contributed by atoms with Gasteiger partial charge in [-0.15, -0.1) is 0 Å². The van der Waals surface area contributed by atoms with Gasteiger partial charge in [0.05, 0.1) is 11.3 Å². The molecule has 4 heteroatoms. The zero-order valence-corrected chi connectivity index (χ0v) is 11.6. The zero-order valence-electron chi connectivity index (χ0n) is 11.6. The number of fused-ring (bicyclic) bond motifs is 1. The number of hydrogen-bond donors (Lipinski definition) is 2. The summed E-state index contributed by atoms with van der Waals surface area (Å²) < 4.78 is 0. The highest BCUT2D eigenvalue weighted by molar-refractivity contribution is 6.11. The van der Waals surface area contributed by atoms with Gasteiger partial charge in [0.15, 0.2) is 0 Å². The molecule has 4 nitrogen and oxygen atoms in total. The van der Waals surface area contributed by atoms with Crippen LogP contribution in [-0.2, 0) is 0 Å². The Bertz CT molecular complexity index is 793. The van der Waals surface area contributed by atoms with Crippen LogP contribution in [0.2, 0.25) is 0 Å². The second-order valence-electron chi connectivity index (χ2n) is 4.65. The average Bonchev–Trinajstić information content (AvgIpc) is 2.55. The molecule has 3 rings (SSSR count). The molecule has 0 spiro atoms. The van der Waals surface area contributed by atoms with Crippen molar-refractivity contribution in [2.45, 2.75) is 0 Å². The lowest BCUT2D eigenvalue weighted by molar-refractivity contribution is 0.102. The first-order valence-corrected chi connectivity index (χ1v) is 6.70. The molecule has 0 radical (unpaired) electrons. The molecule has 0 aliphatic rings. The maximum atomic E-state index is 12.5. The molecule has 2 aromatic carbocycles. The number of amides is 1. The quantitative estimate of drug-likeness (QED) is 0.770. The van der Waals surface area contributed by atoms with E-state index in [1.807, 2.05) is 42.5 Å². The molecule has 21 heavy (non-hydrogen) atoms. The molecule has 104 valence electrons. The highest BCUT2D eigenvalue weighted by atomic mass is 16.1. The standard InChI is InChI=1S/C17H15N3O/c1-18-15-7-3-2-6-13(15)17(21)20-16-8-4-5-12-9-10-19-11-14(12)16/h2-11,18H,1H3,(H,20,21). The molecule has 1 heterocycles. The number of nitrogens with zero attached hydrogens (tertiary/aromatic N) is 1. The molecule has 0 aliphatic heterocycles. The minimum atomic E-state index is -0.142. The first-order chi connectivity index (χ1) is 10.3. The number of anilines is 2. The van der Waals surface area contributed by atoms with Crippen LogP contribution >= 0.6 is 0 Å². The summed E-state index contributed by atoms with van der Waals surface area (Å²) in [6.45, 7) is 0. The maximum absolute atomic E-state index is 12.5. The third-order valence-electron chi connectivity index (χ3n) is 3.37. The third kappa shape index (κ3) is 2.56. The zero-order chi connectivity index (χ0) is 14.7. The van der Waals surface area contributed by atoms with Gasteiger partial charge in [-0.1, -0.05) is 24.3 Å². The predicted molar refractivity (Wildman–Crippen MR) is 85.7 cm³/mol. The van der Waals surface area contributed by atoms with Crippen molar-refractivity contribution in [3.8, 4) is 0 Å².